The van der Waals surface area contributed by atoms with E-state index in [9.17, 15) is 8.78 Å². The van der Waals surface area contributed by atoms with Crippen LogP contribution in [-0.2, 0) is 6.42 Å². The molecule has 2 rings (SSSR count). The number of benzene rings is 1. The zero-order valence-corrected chi connectivity index (χ0v) is 19.9. The summed E-state index contributed by atoms with van der Waals surface area (Å²) in [5, 5.41) is 0. The van der Waals surface area contributed by atoms with Crippen molar-refractivity contribution in [1.82, 2.24) is 9.97 Å². The molecule has 0 aliphatic carbocycles. The summed E-state index contributed by atoms with van der Waals surface area (Å²) in [7, 11) is 0. The molecule has 1 heterocycles. The fourth-order valence-electron chi connectivity index (χ4n) is 3.68. The van der Waals surface area contributed by atoms with Crippen LogP contribution in [0.2, 0.25) is 0 Å². The van der Waals surface area contributed by atoms with E-state index >= 15 is 0 Å². The maximum absolute atomic E-state index is 13.9. The van der Waals surface area contributed by atoms with Crippen LogP contribution >= 0.6 is 0 Å². The van der Waals surface area contributed by atoms with E-state index in [1.165, 1.54) is 50.5 Å². The minimum atomic E-state index is -1.11. The number of hydrogen-bond donors (Lipinski definition) is 0. The molecular formula is C27H40F2N2O. The van der Waals surface area contributed by atoms with Crippen molar-refractivity contribution in [2.24, 2.45) is 0 Å². The van der Waals surface area contributed by atoms with Crippen molar-refractivity contribution < 1.29 is 13.5 Å². The van der Waals surface area contributed by atoms with Crippen molar-refractivity contribution in [2.75, 3.05) is 6.61 Å². The maximum Gasteiger partial charge on any atom is 0.159 e. The lowest BCUT2D eigenvalue weighted by Crippen LogP contribution is -2.13. The third-order valence-corrected chi connectivity index (χ3v) is 5.82. The molecule has 0 bridgehead atoms. The van der Waals surface area contributed by atoms with Gasteiger partial charge in [-0.1, -0.05) is 76.6 Å². The standard InChI is InChI=1S/C27H40F2N2O/c1-3-5-6-7-8-9-10-12-22-15-17-23(18-16-22)27-30-19-26(20-31-27)32-21-25(29)14-11-13-24(28)4-2/h15-20,24-25H,3-14,21H2,1-2H3. The Morgan fingerprint density at radius 3 is 2.06 bits per heavy atom. The number of ether oxygens (including phenoxy) is 1. The zero-order chi connectivity index (χ0) is 23.0. The molecule has 0 aliphatic rings. The summed E-state index contributed by atoms with van der Waals surface area (Å²) >= 11 is 0. The van der Waals surface area contributed by atoms with Crippen LogP contribution in [0.5, 0.6) is 5.75 Å². The Bertz CT molecular complexity index is 721. The van der Waals surface area contributed by atoms with Crippen molar-refractivity contribution in [1.29, 1.82) is 0 Å². The molecule has 0 radical (unpaired) electrons. The predicted molar refractivity (Wildman–Crippen MR) is 129 cm³/mol. The third-order valence-electron chi connectivity index (χ3n) is 5.82. The highest BCUT2D eigenvalue weighted by Crippen LogP contribution is 2.19. The first kappa shape index (κ1) is 26.2. The fraction of sp³-hybridized carbons (Fsp3) is 0.630. The minimum absolute atomic E-state index is 0.0565. The Kier molecular flexibility index (Phi) is 12.9. The van der Waals surface area contributed by atoms with E-state index in [4.69, 9.17) is 4.74 Å². The highest BCUT2D eigenvalue weighted by Gasteiger charge is 2.11. The van der Waals surface area contributed by atoms with Crippen molar-refractivity contribution in [2.45, 2.75) is 103 Å². The minimum Gasteiger partial charge on any atom is -0.487 e. The predicted octanol–water partition coefficient (Wildman–Crippen LogP) is 8.07. The molecule has 0 aliphatic heterocycles. The van der Waals surface area contributed by atoms with E-state index in [0.29, 0.717) is 37.3 Å². The normalized spacial score (nSPS) is 13.1. The molecule has 0 saturated heterocycles. The Labute approximate surface area is 193 Å². The van der Waals surface area contributed by atoms with Crippen molar-refractivity contribution in [3.05, 3.63) is 42.2 Å². The number of alkyl halides is 2. The SMILES string of the molecule is CCCCCCCCCc1ccc(-c2ncc(OCC(F)CCCC(F)CC)cn2)cc1. The molecule has 2 unspecified atom stereocenters. The first-order valence-corrected chi connectivity index (χ1v) is 12.4. The van der Waals surface area contributed by atoms with Crippen LogP contribution < -0.4 is 4.74 Å². The third kappa shape index (κ3) is 10.5. The van der Waals surface area contributed by atoms with E-state index in [1.54, 1.807) is 19.3 Å². The molecule has 3 nitrogen and oxygen atoms in total. The molecule has 1 aromatic heterocycles. The number of halogens is 2. The molecule has 0 saturated carbocycles. The molecule has 0 fully saturated rings. The van der Waals surface area contributed by atoms with Gasteiger partial charge in [-0.15, -0.1) is 0 Å². The first-order chi connectivity index (χ1) is 15.6. The summed E-state index contributed by atoms with van der Waals surface area (Å²) in [6, 6.07) is 8.40. The van der Waals surface area contributed by atoms with Gasteiger partial charge in [0.25, 0.3) is 0 Å². The second kappa shape index (κ2) is 15.7. The van der Waals surface area contributed by atoms with Gasteiger partial charge in [0, 0.05) is 5.56 Å². The quantitative estimate of drug-likeness (QED) is 0.230. The van der Waals surface area contributed by atoms with Gasteiger partial charge in [0.1, 0.15) is 12.8 Å². The van der Waals surface area contributed by atoms with Crippen LogP contribution in [-0.4, -0.2) is 28.9 Å². The van der Waals surface area contributed by atoms with Crippen molar-refractivity contribution >= 4 is 0 Å². The Hall–Kier alpha value is -2.04. The summed E-state index contributed by atoms with van der Waals surface area (Å²) in [5.74, 6) is 1.08. The average Bonchev–Trinajstić information content (AvgIpc) is 2.83. The number of aromatic nitrogens is 2. The lowest BCUT2D eigenvalue weighted by Gasteiger charge is -2.11. The van der Waals surface area contributed by atoms with Crippen LogP contribution in [0.1, 0.15) is 90.0 Å². The molecule has 2 atom stereocenters. The molecule has 0 spiro atoms. The van der Waals surface area contributed by atoms with E-state index in [-0.39, 0.29) is 6.61 Å². The highest BCUT2D eigenvalue weighted by molar-refractivity contribution is 5.55. The molecule has 32 heavy (non-hydrogen) atoms. The van der Waals surface area contributed by atoms with Crippen LogP contribution in [0.3, 0.4) is 0 Å². The Morgan fingerprint density at radius 1 is 0.781 bits per heavy atom. The Morgan fingerprint density at radius 2 is 1.41 bits per heavy atom. The lowest BCUT2D eigenvalue weighted by atomic mass is 10.0. The molecule has 5 heteroatoms. The monoisotopic (exact) mass is 446 g/mol. The van der Waals surface area contributed by atoms with E-state index in [0.717, 1.165) is 12.0 Å². The molecule has 1 aromatic carbocycles. The molecule has 0 amide bonds. The van der Waals surface area contributed by atoms with Crippen LogP contribution in [0.25, 0.3) is 11.4 Å². The maximum atomic E-state index is 13.9. The second-order valence-electron chi connectivity index (χ2n) is 8.66. The fourth-order valence-corrected chi connectivity index (χ4v) is 3.68. The van der Waals surface area contributed by atoms with E-state index in [2.05, 4.69) is 41.2 Å². The topological polar surface area (TPSA) is 35.0 Å². The molecular weight excluding hydrogens is 406 g/mol. The Balaban J connectivity index is 1.69. The van der Waals surface area contributed by atoms with Crippen molar-refractivity contribution in [3.8, 4) is 17.1 Å². The number of hydrogen-bond acceptors (Lipinski definition) is 3. The van der Waals surface area contributed by atoms with Gasteiger partial charge in [0.15, 0.2) is 11.6 Å². The summed E-state index contributed by atoms with van der Waals surface area (Å²) < 4.78 is 32.6. The first-order valence-electron chi connectivity index (χ1n) is 12.4. The van der Waals surface area contributed by atoms with Crippen molar-refractivity contribution in [3.63, 3.8) is 0 Å². The van der Waals surface area contributed by atoms with E-state index < -0.39 is 12.3 Å². The van der Waals surface area contributed by atoms with Gasteiger partial charge in [-0.3, -0.25) is 0 Å². The van der Waals surface area contributed by atoms with Gasteiger partial charge in [-0.25, -0.2) is 18.7 Å². The van der Waals surface area contributed by atoms with E-state index in [1.807, 2.05) is 0 Å². The molecule has 0 N–H and O–H groups in total. The summed E-state index contributed by atoms with van der Waals surface area (Å²) in [6.07, 6.45) is 13.3. The van der Waals surface area contributed by atoms with Gasteiger partial charge >= 0.3 is 0 Å². The van der Waals surface area contributed by atoms with Gasteiger partial charge in [0.2, 0.25) is 0 Å². The van der Waals surface area contributed by atoms with Crippen LogP contribution in [0, 0.1) is 0 Å². The van der Waals surface area contributed by atoms with Gasteiger partial charge in [-0.2, -0.15) is 0 Å². The molecule has 178 valence electrons. The van der Waals surface area contributed by atoms with Gasteiger partial charge in [0.05, 0.1) is 18.6 Å². The summed E-state index contributed by atoms with van der Waals surface area (Å²) in [6.45, 7) is 3.99. The zero-order valence-electron chi connectivity index (χ0n) is 19.9. The highest BCUT2D eigenvalue weighted by atomic mass is 19.1. The van der Waals surface area contributed by atoms with Gasteiger partial charge < -0.3 is 4.74 Å². The number of unbranched alkanes of at least 4 members (excludes halogenated alkanes) is 6. The number of rotatable bonds is 17. The largest absolute Gasteiger partial charge is 0.487 e. The van der Waals surface area contributed by atoms with Gasteiger partial charge in [-0.05, 0) is 44.1 Å². The number of aryl methyl sites for hydroxylation is 1. The average molecular weight is 447 g/mol. The molecule has 2 aromatic rings. The van der Waals surface area contributed by atoms with Crippen LogP contribution in [0.15, 0.2) is 36.7 Å². The smallest absolute Gasteiger partial charge is 0.159 e. The second-order valence-corrected chi connectivity index (χ2v) is 8.66. The lowest BCUT2D eigenvalue weighted by molar-refractivity contribution is 0.178. The summed E-state index contributed by atoms with van der Waals surface area (Å²) in [4.78, 5) is 8.71. The number of nitrogens with zero attached hydrogens (tertiary/aromatic N) is 2. The van der Waals surface area contributed by atoms with Crippen LogP contribution in [0.4, 0.5) is 8.78 Å². The summed E-state index contributed by atoms with van der Waals surface area (Å²) in [5.41, 5.74) is 2.30.